The van der Waals surface area contributed by atoms with Crippen molar-refractivity contribution in [2.75, 3.05) is 18.5 Å². The number of nitrogens with zero attached hydrogens (tertiary/aromatic N) is 3. The summed E-state index contributed by atoms with van der Waals surface area (Å²) in [5.74, 6) is 1.56. The van der Waals surface area contributed by atoms with Crippen molar-refractivity contribution in [2.45, 2.75) is 25.5 Å². The summed E-state index contributed by atoms with van der Waals surface area (Å²) in [6.07, 6.45) is 3.73. The molecule has 0 spiro atoms. The zero-order chi connectivity index (χ0) is 12.7. The smallest absolute Gasteiger partial charge is 0.195 e. The number of nitrogens with two attached hydrogens (primary N) is 1. The highest BCUT2D eigenvalue weighted by Crippen LogP contribution is 2.30. The van der Waals surface area contributed by atoms with Gasteiger partial charge in [-0.1, -0.05) is 0 Å². The molecule has 1 fully saturated rings. The van der Waals surface area contributed by atoms with Gasteiger partial charge in [-0.2, -0.15) is 0 Å². The Hall–Kier alpha value is -1.11. The van der Waals surface area contributed by atoms with Gasteiger partial charge < -0.3 is 15.7 Å². The van der Waals surface area contributed by atoms with Crippen LogP contribution in [-0.2, 0) is 6.54 Å². The van der Waals surface area contributed by atoms with Gasteiger partial charge in [0.2, 0.25) is 0 Å². The Bertz CT molecular complexity index is 543. The zero-order valence-corrected chi connectivity index (χ0v) is 11.2. The number of aliphatic hydroxyl groups excluding tert-OH is 1. The van der Waals surface area contributed by atoms with Gasteiger partial charge in [-0.25, -0.2) is 4.98 Å². The van der Waals surface area contributed by atoms with Crippen LogP contribution in [0.1, 0.15) is 18.5 Å². The van der Waals surface area contributed by atoms with Gasteiger partial charge in [-0.3, -0.25) is 4.40 Å². The molecular formula is C12H18N4OS. The molecule has 5 nitrogen and oxygen atoms in total. The number of aromatic nitrogens is 2. The number of rotatable bonds is 4. The number of hydrogen-bond acceptors (Lipinski definition) is 5. The predicted octanol–water partition coefficient (Wildman–Crippen LogP) is 1.06. The van der Waals surface area contributed by atoms with Gasteiger partial charge in [-0.15, -0.1) is 11.3 Å². The molecule has 0 bridgehead atoms. The molecule has 0 saturated heterocycles. The Morgan fingerprint density at radius 2 is 2.39 bits per heavy atom. The maximum atomic E-state index is 9.33. The molecule has 2 heterocycles. The van der Waals surface area contributed by atoms with Crippen LogP contribution in [0.3, 0.4) is 0 Å². The van der Waals surface area contributed by atoms with Crippen LogP contribution in [0.4, 0.5) is 5.82 Å². The van der Waals surface area contributed by atoms with Gasteiger partial charge in [0.1, 0.15) is 0 Å². The normalized spacial score (nSPS) is 23.3. The van der Waals surface area contributed by atoms with E-state index in [1.807, 2.05) is 11.6 Å². The third kappa shape index (κ3) is 1.90. The number of imidazole rings is 1. The molecule has 0 unspecified atom stereocenters. The maximum Gasteiger partial charge on any atom is 0.195 e. The molecule has 6 heteroatoms. The minimum absolute atomic E-state index is 0.0946. The van der Waals surface area contributed by atoms with Crippen LogP contribution >= 0.6 is 11.3 Å². The molecule has 0 aromatic carbocycles. The van der Waals surface area contributed by atoms with Crippen LogP contribution < -0.4 is 10.6 Å². The average molecular weight is 266 g/mol. The van der Waals surface area contributed by atoms with Crippen molar-refractivity contribution < 1.29 is 5.11 Å². The molecule has 18 heavy (non-hydrogen) atoms. The lowest BCUT2D eigenvalue weighted by molar-refractivity contribution is 0.0464. The number of thiazole rings is 1. The van der Waals surface area contributed by atoms with Gasteiger partial charge in [0, 0.05) is 31.7 Å². The Morgan fingerprint density at radius 3 is 3.06 bits per heavy atom. The van der Waals surface area contributed by atoms with E-state index in [1.165, 1.54) is 0 Å². The summed E-state index contributed by atoms with van der Waals surface area (Å²) < 4.78 is 2.06. The highest BCUT2D eigenvalue weighted by molar-refractivity contribution is 7.15. The summed E-state index contributed by atoms with van der Waals surface area (Å²) in [6, 6.07) is 0. The standard InChI is InChI=1S/C12H18N4OS/c1-15(7-8-4-9(17)5-8)11-10(6-13)16-2-3-18-12(16)14-11/h2-3,8-9,17H,4-7,13H2,1H3. The summed E-state index contributed by atoms with van der Waals surface area (Å²) in [5, 5.41) is 11.3. The number of fused-ring (bicyclic) bond motifs is 1. The lowest BCUT2D eigenvalue weighted by atomic mass is 9.82. The number of hydrogen-bond donors (Lipinski definition) is 2. The monoisotopic (exact) mass is 266 g/mol. The minimum Gasteiger partial charge on any atom is -0.393 e. The lowest BCUT2D eigenvalue weighted by Gasteiger charge is -2.34. The van der Waals surface area contributed by atoms with Crippen LogP contribution in [0.15, 0.2) is 11.6 Å². The van der Waals surface area contributed by atoms with E-state index >= 15 is 0 Å². The van der Waals surface area contributed by atoms with Crippen molar-refractivity contribution in [3.8, 4) is 0 Å². The summed E-state index contributed by atoms with van der Waals surface area (Å²) in [4.78, 5) is 7.80. The van der Waals surface area contributed by atoms with E-state index < -0.39 is 0 Å². The van der Waals surface area contributed by atoms with E-state index in [0.717, 1.165) is 35.9 Å². The van der Waals surface area contributed by atoms with Crippen LogP contribution in [-0.4, -0.2) is 34.2 Å². The maximum absolute atomic E-state index is 9.33. The zero-order valence-electron chi connectivity index (χ0n) is 10.4. The van der Waals surface area contributed by atoms with Crippen LogP contribution in [0.5, 0.6) is 0 Å². The lowest BCUT2D eigenvalue weighted by Crippen LogP contribution is -2.37. The molecule has 1 aliphatic rings. The van der Waals surface area contributed by atoms with Crippen molar-refractivity contribution in [2.24, 2.45) is 11.7 Å². The molecule has 1 aliphatic carbocycles. The molecule has 0 aliphatic heterocycles. The number of anilines is 1. The van der Waals surface area contributed by atoms with E-state index in [0.29, 0.717) is 12.5 Å². The van der Waals surface area contributed by atoms with Gasteiger partial charge in [-0.05, 0) is 18.8 Å². The Morgan fingerprint density at radius 1 is 1.61 bits per heavy atom. The second-order valence-corrected chi connectivity index (χ2v) is 5.89. The second-order valence-electron chi connectivity index (χ2n) is 5.01. The first-order chi connectivity index (χ1) is 8.69. The first-order valence-corrected chi connectivity index (χ1v) is 7.10. The molecule has 0 amide bonds. The Balaban J connectivity index is 1.81. The summed E-state index contributed by atoms with van der Waals surface area (Å²) in [6.45, 7) is 1.43. The predicted molar refractivity (Wildman–Crippen MR) is 73.0 cm³/mol. The second kappa shape index (κ2) is 4.53. The van der Waals surface area contributed by atoms with Crippen molar-refractivity contribution in [3.63, 3.8) is 0 Å². The van der Waals surface area contributed by atoms with E-state index in [2.05, 4.69) is 21.3 Å². The largest absolute Gasteiger partial charge is 0.393 e. The Kier molecular flexibility index (Phi) is 3.01. The highest BCUT2D eigenvalue weighted by atomic mass is 32.1. The fourth-order valence-electron chi connectivity index (χ4n) is 2.64. The average Bonchev–Trinajstić information content (AvgIpc) is 2.85. The van der Waals surface area contributed by atoms with Crippen molar-refractivity contribution in [3.05, 3.63) is 17.3 Å². The molecule has 2 aromatic heterocycles. The third-order valence-corrected chi connectivity index (χ3v) is 4.39. The van der Waals surface area contributed by atoms with Crippen LogP contribution in [0.25, 0.3) is 4.96 Å². The highest BCUT2D eigenvalue weighted by Gasteiger charge is 2.29. The molecule has 3 N–H and O–H groups in total. The minimum atomic E-state index is -0.0946. The van der Waals surface area contributed by atoms with E-state index in [1.54, 1.807) is 11.3 Å². The molecule has 98 valence electrons. The molecular weight excluding hydrogens is 248 g/mol. The van der Waals surface area contributed by atoms with E-state index in [9.17, 15) is 5.11 Å². The third-order valence-electron chi connectivity index (χ3n) is 3.64. The van der Waals surface area contributed by atoms with Crippen molar-refractivity contribution in [1.82, 2.24) is 9.38 Å². The van der Waals surface area contributed by atoms with Crippen molar-refractivity contribution in [1.29, 1.82) is 0 Å². The first kappa shape index (κ1) is 12.0. The Labute approximate surface area is 110 Å². The molecule has 3 rings (SSSR count). The molecule has 0 radical (unpaired) electrons. The van der Waals surface area contributed by atoms with Gasteiger partial charge in [0.05, 0.1) is 11.8 Å². The topological polar surface area (TPSA) is 66.8 Å². The molecule has 2 aromatic rings. The van der Waals surface area contributed by atoms with E-state index in [-0.39, 0.29) is 6.10 Å². The summed E-state index contributed by atoms with van der Waals surface area (Å²) >= 11 is 1.62. The fraction of sp³-hybridized carbons (Fsp3) is 0.583. The van der Waals surface area contributed by atoms with Crippen molar-refractivity contribution >= 4 is 22.1 Å². The first-order valence-electron chi connectivity index (χ1n) is 6.22. The summed E-state index contributed by atoms with van der Waals surface area (Å²) in [5.41, 5.74) is 6.90. The van der Waals surface area contributed by atoms with Crippen LogP contribution in [0.2, 0.25) is 0 Å². The van der Waals surface area contributed by atoms with Gasteiger partial charge in [0.25, 0.3) is 0 Å². The fourth-order valence-corrected chi connectivity index (χ4v) is 3.37. The number of aliphatic hydroxyl groups is 1. The molecule has 0 atom stereocenters. The SMILES string of the molecule is CN(CC1CC(O)C1)c1nc2sccn2c1CN. The van der Waals surface area contributed by atoms with E-state index in [4.69, 9.17) is 5.73 Å². The van der Waals surface area contributed by atoms with Gasteiger partial charge >= 0.3 is 0 Å². The summed E-state index contributed by atoms with van der Waals surface area (Å²) in [7, 11) is 2.05. The quantitative estimate of drug-likeness (QED) is 0.868. The molecule has 1 saturated carbocycles. The van der Waals surface area contributed by atoms with Gasteiger partial charge in [0.15, 0.2) is 10.8 Å². The van der Waals surface area contributed by atoms with Crippen LogP contribution in [0, 0.1) is 5.92 Å².